The molecule has 17 heavy (non-hydrogen) atoms. The number of hydrogen-bond donors (Lipinski definition) is 1. The summed E-state index contributed by atoms with van der Waals surface area (Å²) in [7, 11) is 0. The molecular weight excluding hydrogens is 240 g/mol. The summed E-state index contributed by atoms with van der Waals surface area (Å²) in [5.74, 6) is -0.0242. The number of hydrogen-bond acceptors (Lipinski definition) is 2. The summed E-state index contributed by atoms with van der Waals surface area (Å²) >= 11 is 1.77. The van der Waals surface area contributed by atoms with Crippen LogP contribution in [0.25, 0.3) is 0 Å². The van der Waals surface area contributed by atoms with Crippen molar-refractivity contribution in [3.05, 3.63) is 35.4 Å². The van der Waals surface area contributed by atoms with E-state index in [4.69, 9.17) is 5.73 Å². The molecule has 0 aliphatic rings. The van der Waals surface area contributed by atoms with E-state index >= 15 is 0 Å². The lowest BCUT2D eigenvalue weighted by Crippen LogP contribution is -2.27. The molecule has 2 atom stereocenters. The molecule has 1 rings (SSSR count). The van der Waals surface area contributed by atoms with Gasteiger partial charge in [-0.05, 0) is 36.6 Å². The third-order valence-corrected chi connectivity index (χ3v) is 4.18. The second-order valence-electron chi connectivity index (χ2n) is 4.25. The van der Waals surface area contributed by atoms with Gasteiger partial charge in [0.25, 0.3) is 0 Å². The van der Waals surface area contributed by atoms with Gasteiger partial charge in [0.05, 0.1) is 0 Å². The Hall–Kier alpha value is -0.610. The smallest absolute Gasteiger partial charge is 0.126 e. The van der Waals surface area contributed by atoms with Gasteiger partial charge in [-0.2, -0.15) is 11.8 Å². The first-order chi connectivity index (χ1) is 8.02. The summed E-state index contributed by atoms with van der Waals surface area (Å²) in [6.07, 6.45) is 1.47. The molecule has 2 N–H and O–H groups in total. The highest BCUT2D eigenvalue weighted by Crippen LogP contribution is 2.17. The summed E-state index contributed by atoms with van der Waals surface area (Å²) < 4.78 is 26.3. The first-order valence-electron chi connectivity index (χ1n) is 5.84. The van der Waals surface area contributed by atoms with E-state index in [1.807, 2.05) is 0 Å². The van der Waals surface area contributed by atoms with Crippen LogP contribution in [0.15, 0.2) is 18.2 Å². The van der Waals surface area contributed by atoms with Crippen molar-refractivity contribution in [3.8, 4) is 0 Å². The van der Waals surface area contributed by atoms with Gasteiger partial charge in [0.1, 0.15) is 11.6 Å². The van der Waals surface area contributed by atoms with E-state index in [1.54, 1.807) is 11.8 Å². The molecular formula is C13H19F2NS. The number of halogens is 2. The first kappa shape index (κ1) is 14.5. The molecule has 0 aromatic heterocycles. The summed E-state index contributed by atoms with van der Waals surface area (Å²) in [6, 6.07) is 3.37. The predicted molar refractivity (Wildman–Crippen MR) is 70.2 cm³/mol. The fourth-order valence-electron chi connectivity index (χ4n) is 1.45. The fourth-order valence-corrected chi connectivity index (χ4v) is 2.38. The Morgan fingerprint density at radius 3 is 2.71 bits per heavy atom. The van der Waals surface area contributed by atoms with Gasteiger partial charge in [0, 0.05) is 17.0 Å². The maximum Gasteiger partial charge on any atom is 0.126 e. The van der Waals surface area contributed by atoms with E-state index in [9.17, 15) is 8.78 Å². The Morgan fingerprint density at radius 2 is 2.06 bits per heavy atom. The Bertz CT molecular complexity index is 357. The molecule has 0 amide bonds. The average Bonchev–Trinajstić information content (AvgIpc) is 2.30. The minimum atomic E-state index is -0.414. The Morgan fingerprint density at radius 1 is 1.35 bits per heavy atom. The third-order valence-electron chi connectivity index (χ3n) is 2.66. The highest BCUT2D eigenvalue weighted by molar-refractivity contribution is 7.99. The number of benzene rings is 1. The molecule has 0 bridgehead atoms. The summed E-state index contributed by atoms with van der Waals surface area (Å²) in [5, 5.41) is 0.554. The van der Waals surface area contributed by atoms with Crippen LogP contribution >= 0.6 is 11.8 Å². The minimum Gasteiger partial charge on any atom is -0.327 e. The second kappa shape index (κ2) is 6.97. The lowest BCUT2D eigenvalue weighted by Gasteiger charge is -2.14. The Kier molecular flexibility index (Phi) is 5.92. The molecule has 1 aromatic rings. The topological polar surface area (TPSA) is 26.0 Å². The van der Waals surface area contributed by atoms with Gasteiger partial charge in [-0.25, -0.2) is 8.78 Å². The molecule has 0 aliphatic heterocycles. The van der Waals surface area contributed by atoms with E-state index in [2.05, 4.69) is 13.8 Å². The monoisotopic (exact) mass is 259 g/mol. The van der Waals surface area contributed by atoms with Crippen LogP contribution in [0.3, 0.4) is 0 Å². The molecule has 0 aliphatic carbocycles. The highest BCUT2D eigenvalue weighted by atomic mass is 32.2. The van der Waals surface area contributed by atoms with E-state index in [0.29, 0.717) is 17.2 Å². The molecule has 0 saturated heterocycles. The molecule has 0 saturated carbocycles. The van der Waals surface area contributed by atoms with E-state index in [1.165, 1.54) is 6.07 Å². The van der Waals surface area contributed by atoms with Crippen LogP contribution in [0.5, 0.6) is 0 Å². The predicted octanol–water partition coefficient (Wildman–Crippen LogP) is 3.37. The van der Waals surface area contributed by atoms with Crippen LogP contribution in [-0.4, -0.2) is 17.0 Å². The van der Waals surface area contributed by atoms with E-state index in [-0.39, 0.29) is 11.9 Å². The standard InChI is InChI=1S/C13H19F2NS/c1-3-9(2)17-8-12(16)7-10-6-11(14)4-5-13(10)15/h4-6,9,12H,3,7-8,16H2,1-2H3. The quantitative estimate of drug-likeness (QED) is 0.847. The normalized spacial score (nSPS) is 14.6. The van der Waals surface area contributed by atoms with Crippen molar-refractivity contribution in [1.29, 1.82) is 0 Å². The van der Waals surface area contributed by atoms with Crippen LogP contribution in [0, 0.1) is 11.6 Å². The number of rotatable bonds is 6. The zero-order valence-corrected chi connectivity index (χ0v) is 11.1. The van der Waals surface area contributed by atoms with Crippen LogP contribution < -0.4 is 5.73 Å². The lowest BCUT2D eigenvalue weighted by molar-refractivity contribution is 0.575. The highest BCUT2D eigenvalue weighted by Gasteiger charge is 2.11. The van der Waals surface area contributed by atoms with Crippen molar-refractivity contribution < 1.29 is 8.78 Å². The van der Waals surface area contributed by atoms with E-state index in [0.717, 1.165) is 24.3 Å². The number of thioether (sulfide) groups is 1. The summed E-state index contributed by atoms with van der Waals surface area (Å²) in [4.78, 5) is 0. The van der Waals surface area contributed by atoms with Gasteiger partial charge in [-0.15, -0.1) is 0 Å². The lowest BCUT2D eigenvalue weighted by atomic mass is 10.1. The Labute approximate surface area is 106 Å². The molecule has 96 valence electrons. The maximum atomic E-state index is 13.4. The van der Waals surface area contributed by atoms with Crippen LogP contribution in [0.2, 0.25) is 0 Å². The largest absolute Gasteiger partial charge is 0.327 e. The molecule has 0 radical (unpaired) electrons. The molecule has 0 spiro atoms. The number of nitrogens with two attached hydrogens (primary N) is 1. The zero-order chi connectivity index (χ0) is 12.8. The van der Waals surface area contributed by atoms with Crippen LogP contribution in [-0.2, 0) is 6.42 Å². The first-order valence-corrected chi connectivity index (χ1v) is 6.89. The van der Waals surface area contributed by atoms with Gasteiger partial charge in [0.15, 0.2) is 0 Å². The SMILES string of the molecule is CCC(C)SCC(N)Cc1cc(F)ccc1F. The van der Waals surface area contributed by atoms with Gasteiger partial charge < -0.3 is 5.73 Å². The fraction of sp³-hybridized carbons (Fsp3) is 0.538. The Balaban J connectivity index is 2.50. The summed E-state index contributed by atoms with van der Waals surface area (Å²) in [6.45, 7) is 4.26. The van der Waals surface area contributed by atoms with Crippen molar-refractivity contribution in [3.63, 3.8) is 0 Å². The zero-order valence-electron chi connectivity index (χ0n) is 10.2. The second-order valence-corrected chi connectivity index (χ2v) is 5.72. The van der Waals surface area contributed by atoms with Crippen molar-refractivity contribution in [1.82, 2.24) is 0 Å². The molecule has 4 heteroatoms. The van der Waals surface area contributed by atoms with E-state index < -0.39 is 5.82 Å². The van der Waals surface area contributed by atoms with Crippen LogP contribution in [0.1, 0.15) is 25.8 Å². The molecule has 1 aromatic carbocycles. The van der Waals surface area contributed by atoms with Crippen molar-refractivity contribution in [2.24, 2.45) is 5.73 Å². The minimum absolute atomic E-state index is 0.134. The van der Waals surface area contributed by atoms with Crippen molar-refractivity contribution >= 4 is 11.8 Å². The van der Waals surface area contributed by atoms with Gasteiger partial charge in [-0.1, -0.05) is 13.8 Å². The van der Waals surface area contributed by atoms with Crippen molar-refractivity contribution in [2.45, 2.75) is 38.0 Å². The van der Waals surface area contributed by atoms with Gasteiger partial charge in [0.2, 0.25) is 0 Å². The average molecular weight is 259 g/mol. The van der Waals surface area contributed by atoms with Gasteiger partial charge in [-0.3, -0.25) is 0 Å². The summed E-state index contributed by atoms with van der Waals surface area (Å²) in [5.41, 5.74) is 6.28. The van der Waals surface area contributed by atoms with Gasteiger partial charge >= 0.3 is 0 Å². The molecule has 0 heterocycles. The van der Waals surface area contributed by atoms with Crippen molar-refractivity contribution in [2.75, 3.05) is 5.75 Å². The third kappa shape index (κ3) is 5.04. The maximum absolute atomic E-state index is 13.4. The molecule has 2 unspecified atom stereocenters. The molecule has 1 nitrogen and oxygen atoms in total. The van der Waals surface area contributed by atoms with Crippen LogP contribution in [0.4, 0.5) is 8.78 Å². The molecule has 0 fully saturated rings.